The van der Waals surface area contributed by atoms with Gasteiger partial charge in [0.2, 0.25) is 5.91 Å². The molecule has 2 aromatic rings. The minimum atomic E-state index is -0.480. The molecular formula is C15H16FN3O. The number of carbonyl (C=O) groups is 1. The highest BCUT2D eigenvalue weighted by atomic mass is 19.1. The standard InChI is InChI=1S/C15H16FN3O/c1-10(11-8-17-18-9-11)19-14(20)15(6-7-15)12-2-4-13(16)5-3-12/h2-5,8-10H,6-7H2,1H3,(H,17,18)(H,19,20). The molecule has 1 aromatic heterocycles. The van der Waals surface area contributed by atoms with Gasteiger partial charge in [0, 0.05) is 11.8 Å². The van der Waals surface area contributed by atoms with Crippen LogP contribution in [0.25, 0.3) is 0 Å². The number of benzene rings is 1. The van der Waals surface area contributed by atoms with Gasteiger partial charge in [0.25, 0.3) is 0 Å². The summed E-state index contributed by atoms with van der Waals surface area (Å²) >= 11 is 0. The zero-order valence-electron chi connectivity index (χ0n) is 11.2. The molecule has 20 heavy (non-hydrogen) atoms. The second-order valence-electron chi connectivity index (χ2n) is 5.32. The molecule has 104 valence electrons. The van der Waals surface area contributed by atoms with Gasteiger partial charge in [-0.1, -0.05) is 12.1 Å². The Morgan fingerprint density at radius 3 is 2.65 bits per heavy atom. The Hall–Kier alpha value is -2.17. The fourth-order valence-electron chi connectivity index (χ4n) is 2.46. The Morgan fingerprint density at radius 2 is 2.10 bits per heavy atom. The van der Waals surface area contributed by atoms with Crippen LogP contribution in [0.15, 0.2) is 36.7 Å². The molecule has 1 saturated carbocycles. The molecule has 0 radical (unpaired) electrons. The van der Waals surface area contributed by atoms with E-state index < -0.39 is 5.41 Å². The summed E-state index contributed by atoms with van der Waals surface area (Å²) in [4.78, 5) is 12.5. The number of nitrogens with zero attached hydrogens (tertiary/aromatic N) is 1. The van der Waals surface area contributed by atoms with Crippen LogP contribution in [0.5, 0.6) is 0 Å². The number of H-pyrrole nitrogens is 1. The summed E-state index contributed by atoms with van der Waals surface area (Å²) in [5, 5.41) is 9.62. The van der Waals surface area contributed by atoms with Crippen LogP contribution in [-0.4, -0.2) is 16.1 Å². The number of hydrogen-bond donors (Lipinski definition) is 2. The van der Waals surface area contributed by atoms with E-state index in [1.807, 2.05) is 6.92 Å². The summed E-state index contributed by atoms with van der Waals surface area (Å²) in [6, 6.07) is 6.11. The fourth-order valence-corrected chi connectivity index (χ4v) is 2.46. The number of aromatic amines is 1. The second kappa shape index (κ2) is 4.74. The summed E-state index contributed by atoms with van der Waals surface area (Å²) in [5.41, 5.74) is 1.34. The van der Waals surface area contributed by atoms with Crippen LogP contribution in [0.4, 0.5) is 4.39 Å². The van der Waals surface area contributed by atoms with Gasteiger partial charge in [-0.25, -0.2) is 4.39 Å². The minimum absolute atomic E-state index is 0.00203. The largest absolute Gasteiger partial charge is 0.349 e. The summed E-state index contributed by atoms with van der Waals surface area (Å²) < 4.78 is 13.0. The molecule has 5 heteroatoms. The summed E-state index contributed by atoms with van der Waals surface area (Å²) in [6.45, 7) is 1.92. The third kappa shape index (κ3) is 2.19. The Kier molecular flexibility index (Phi) is 3.04. The maximum atomic E-state index is 13.0. The van der Waals surface area contributed by atoms with Crippen molar-refractivity contribution in [2.45, 2.75) is 31.2 Å². The molecule has 1 aromatic carbocycles. The molecule has 3 rings (SSSR count). The molecule has 1 fully saturated rings. The van der Waals surface area contributed by atoms with Gasteiger partial charge in [0.05, 0.1) is 17.7 Å². The predicted octanol–water partition coefficient (Wildman–Crippen LogP) is 2.46. The number of hydrogen-bond acceptors (Lipinski definition) is 2. The van der Waals surface area contributed by atoms with Crippen molar-refractivity contribution in [1.82, 2.24) is 15.5 Å². The van der Waals surface area contributed by atoms with Crippen LogP contribution in [0, 0.1) is 5.82 Å². The van der Waals surface area contributed by atoms with E-state index in [1.54, 1.807) is 24.5 Å². The maximum Gasteiger partial charge on any atom is 0.231 e. The number of rotatable bonds is 4. The molecule has 2 N–H and O–H groups in total. The Bertz CT molecular complexity index is 603. The highest BCUT2D eigenvalue weighted by molar-refractivity contribution is 5.91. The average Bonchev–Trinajstić information content (AvgIpc) is 3.06. The van der Waals surface area contributed by atoms with Crippen molar-refractivity contribution in [3.8, 4) is 0 Å². The normalized spacial score (nSPS) is 17.5. The molecule has 1 atom stereocenters. The number of carbonyl (C=O) groups excluding carboxylic acids is 1. The SMILES string of the molecule is CC(NC(=O)C1(c2ccc(F)cc2)CC1)c1cn[nH]c1. The van der Waals surface area contributed by atoms with E-state index in [2.05, 4.69) is 15.5 Å². The van der Waals surface area contributed by atoms with E-state index in [1.165, 1.54) is 12.1 Å². The van der Waals surface area contributed by atoms with Crippen molar-refractivity contribution < 1.29 is 9.18 Å². The lowest BCUT2D eigenvalue weighted by molar-refractivity contribution is -0.124. The fraction of sp³-hybridized carbons (Fsp3) is 0.333. The highest BCUT2D eigenvalue weighted by Crippen LogP contribution is 2.48. The molecular weight excluding hydrogens is 257 g/mol. The number of nitrogens with one attached hydrogen (secondary N) is 2. The Balaban J connectivity index is 1.75. The van der Waals surface area contributed by atoms with E-state index in [0.717, 1.165) is 24.0 Å². The first-order chi connectivity index (χ1) is 9.62. The molecule has 1 aliphatic carbocycles. The number of amides is 1. The molecule has 1 heterocycles. The quantitative estimate of drug-likeness (QED) is 0.899. The maximum absolute atomic E-state index is 13.0. The molecule has 4 nitrogen and oxygen atoms in total. The third-order valence-electron chi connectivity index (χ3n) is 3.95. The second-order valence-corrected chi connectivity index (χ2v) is 5.32. The van der Waals surface area contributed by atoms with Gasteiger partial charge in [0.15, 0.2) is 0 Å². The van der Waals surface area contributed by atoms with Crippen molar-refractivity contribution in [3.63, 3.8) is 0 Å². The Labute approximate surface area is 116 Å². The first-order valence-corrected chi connectivity index (χ1v) is 6.67. The van der Waals surface area contributed by atoms with Gasteiger partial charge < -0.3 is 5.32 Å². The first kappa shape index (κ1) is 12.8. The van der Waals surface area contributed by atoms with Crippen molar-refractivity contribution in [1.29, 1.82) is 0 Å². The highest BCUT2D eigenvalue weighted by Gasteiger charge is 2.51. The smallest absolute Gasteiger partial charge is 0.231 e. The molecule has 0 aliphatic heterocycles. The molecule has 1 unspecified atom stereocenters. The van der Waals surface area contributed by atoms with Crippen LogP contribution in [0.3, 0.4) is 0 Å². The van der Waals surface area contributed by atoms with E-state index in [4.69, 9.17) is 0 Å². The van der Waals surface area contributed by atoms with Gasteiger partial charge in [0.1, 0.15) is 5.82 Å². The first-order valence-electron chi connectivity index (χ1n) is 6.67. The predicted molar refractivity (Wildman–Crippen MR) is 72.5 cm³/mol. The van der Waals surface area contributed by atoms with Crippen LogP contribution < -0.4 is 5.32 Å². The molecule has 0 spiro atoms. The van der Waals surface area contributed by atoms with E-state index in [9.17, 15) is 9.18 Å². The van der Waals surface area contributed by atoms with Crippen molar-refractivity contribution in [2.24, 2.45) is 0 Å². The zero-order valence-corrected chi connectivity index (χ0v) is 11.2. The van der Waals surface area contributed by atoms with Crippen LogP contribution in [0.2, 0.25) is 0 Å². The zero-order chi connectivity index (χ0) is 14.2. The molecule has 1 amide bonds. The average molecular weight is 273 g/mol. The van der Waals surface area contributed by atoms with Gasteiger partial charge in [-0.2, -0.15) is 5.10 Å². The molecule has 0 bridgehead atoms. The van der Waals surface area contributed by atoms with Gasteiger partial charge >= 0.3 is 0 Å². The van der Waals surface area contributed by atoms with E-state index >= 15 is 0 Å². The lowest BCUT2D eigenvalue weighted by Crippen LogP contribution is -2.36. The monoisotopic (exact) mass is 273 g/mol. The lowest BCUT2D eigenvalue weighted by atomic mass is 9.94. The van der Waals surface area contributed by atoms with Gasteiger partial charge in [-0.05, 0) is 37.5 Å². The minimum Gasteiger partial charge on any atom is -0.349 e. The Morgan fingerprint density at radius 1 is 1.40 bits per heavy atom. The van der Waals surface area contributed by atoms with E-state index in [0.29, 0.717) is 0 Å². The van der Waals surface area contributed by atoms with Crippen LogP contribution in [-0.2, 0) is 10.2 Å². The summed E-state index contributed by atoms with van der Waals surface area (Å²) in [5.74, 6) is -0.283. The van der Waals surface area contributed by atoms with Crippen LogP contribution in [0.1, 0.15) is 36.9 Å². The summed E-state index contributed by atoms with van der Waals surface area (Å²) in [7, 11) is 0. The number of aromatic nitrogens is 2. The van der Waals surface area contributed by atoms with Crippen LogP contribution >= 0.6 is 0 Å². The van der Waals surface area contributed by atoms with Gasteiger partial charge in [-0.15, -0.1) is 0 Å². The topological polar surface area (TPSA) is 57.8 Å². The number of halogens is 1. The third-order valence-corrected chi connectivity index (χ3v) is 3.95. The lowest BCUT2D eigenvalue weighted by Gasteiger charge is -2.19. The summed E-state index contributed by atoms with van der Waals surface area (Å²) in [6.07, 6.45) is 5.08. The van der Waals surface area contributed by atoms with Crippen molar-refractivity contribution in [3.05, 3.63) is 53.6 Å². The van der Waals surface area contributed by atoms with E-state index in [-0.39, 0.29) is 17.8 Å². The molecule has 1 aliphatic rings. The molecule has 0 saturated heterocycles. The van der Waals surface area contributed by atoms with Crippen molar-refractivity contribution in [2.75, 3.05) is 0 Å². The van der Waals surface area contributed by atoms with Gasteiger partial charge in [-0.3, -0.25) is 9.89 Å². The van der Waals surface area contributed by atoms with Crippen molar-refractivity contribution >= 4 is 5.91 Å².